The highest BCUT2D eigenvalue weighted by molar-refractivity contribution is 8.16. The first-order valence-electron chi connectivity index (χ1n) is 8.97. The van der Waals surface area contributed by atoms with Gasteiger partial charge in [-0.05, 0) is 18.2 Å². The van der Waals surface area contributed by atoms with E-state index in [0.717, 1.165) is 16.7 Å². The number of carbonyl (C=O) groups excluding carboxylic acids is 1. The molecule has 0 spiro atoms. The van der Waals surface area contributed by atoms with Crippen LogP contribution in [-0.4, -0.2) is 42.3 Å². The summed E-state index contributed by atoms with van der Waals surface area (Å²) in [6.07, 6.45) is -10.1. The first-order valence-corrected chi connectivity index (χ1v) is 11.7. The fourth-order valence-electron chi connectivity index (χ4n) is 3.20. The predicted octanol–water partition coefficient (Wildman–Crippen LogP) is 4.37. The summed E-state index contributed by atoms with van der Waals surface area (Å²) in [6.45, 7) is 4.67. The molecule has 0 N–H and O–H groups in total. The average Bonchev–Trinajstić information content (AvgIpc) is 3.02. The highest BCUT2D eigenvalue weighted by atomic mass is 32.2. The average molecular weight is 488 g/mol. The molecule has 2 aliphatic heterocycles. The zero-order valence-corrected chi connectivity index (χ0v) is 18.1. The van der Waals surface area contributed by atoms with Gasteiger partial charge in [-0.3, -0.25) is 4.79 Å². The van der Waals surface area contributed by atoms with Gasteiger partial charge in [0.25, 0.3) is 5.91 Å². The maximum absolute atomic E-state index is 13.3. The number of aliphatic imine (C=N–C) groups is 1. The van der Waals surface area contributed by atoms with Crippen molar-refractivity contribution in [1.82, 2.24) is 0 Å². The summed E-state index contributed by atoms with van der Waals surface area (Å²) in [6, 6.07) is 0.0821. The molecule has 2 saturated heterocycles. The standard InChI is InChI=1S/C18H18F6N2O3S2/c1-16(2,3)14(27)25-15-26(12-7-31(28,29)8-13(12)30-15)11-5-9(17(19,20)21)4-10(6-11)18(22,23)24/h4-6,12-13H,7-8H2,1-3H3. The molecule has 0 saturated carbocycles. The molecule has 2 atom stereocenters. The molecule has 5 nitrogen and oxygen atoms in total. The van der Waals surface area contributed by atoms with E-state index in [0.29, 0.717) is 12.1 Å². The van der Waals surface area contributed by atoms with Crippen molar-refractivity contribution >= 4 is 38.4 Å². The van der Waals surface area contributed by atoms with Gasteiger partial charge in [-0.25, -0.2) is 8.42 Å². The van der Waals surface area contributed by atoms with Crippen molar-refractivity contribution < 1.29 is 39.6 Å². The summed E-state index contributed by atoms with van der Waals surface area (Å²) in [4.78, 5) is 17.3. The molecule has 13 heteroatoms. The maximum atomic E-state index is 13.3. The van der Waals surface area contributed by atoms with Gasteiger partial charge in [0.05, 0.1) is 28.7 Å². The highest BCUT2D eigenvalue weighted by Crippen LogP contribution is 2.44. The second-order valence-corrected chi connectivity index (χ2v) is 11.7. The van der Waals surface area contributed by atoms with Gasteiger partial charge >= 0.3 is 12.4 Å². The third-order valence-electron chi connectivity index (χ3n) is 4.76. The van der Waals surface area contributed by atoms with Crippen LogP contribution in [0.2, 0.25) is 0 Å². The van der Waals surface area contributed by atoms with Crippen molar-refractivity contribution in [1.29, 1.82) is 0 Å². The molecule has 1 aromatic carbocycles. The van der Waals surface area contributed by atoms with Crippen LogP contribution in [-0.2, 0) is 27.0 Å². The number of amidine groups is 1. The van der Waals surface area contributed by atoms with Crippen LogP contribution in [0.15, 0.2) is 23.2 Å². The second kappa shape index (κ2) is 7.39. The Labute approximate surface area is 178 Å². The molecule has 0 aromatic heterocycles. The molecule has 3 rings (SSSR count). The lowest BCUT2D eigenvalue weighted by atomic mass is 9.96. The number of anilines is 1. The van der Waals surface area contributed by atoms with Crippen LogP contribution in [0, 0.1) is 5.41 Å². The minimum absolute atomic E-state index is 0.00723. The number of carbonyl (C=O) groups is 1. The smallest absolute Gasteiger partial charge is 0.316 e. The van der Waals surface area contributed by atoms with Gasteiger partial charge in [0.2, 0.25) is 0 Å². The Kier molecular flexibility index (Phi) is 5.70. The van der Waals surface area contributed by atoms with Gasteiger partial charge in [-0.1, -0.05) is 32.5 Å². The molecule has 2 unspecified atom stereocenters. The van der Waals surface area contributed by atoms with Gasteiger partial charge < -0.3 is 4.90 Å². The summed E-state index contributed by atoms with van der Waals surface area (Å²) < 4.78 is 104. The van der Waals surface area contributed by atoms with E-state index in [9.17, 15) is 39.6 Å². The highest BCUT2D eigenvalue weighted by Gasteiger charge is 2.50. The lowest BCUT2D eigenvalue weighted by Crippen LogP contribution is -2.38. The van der Waals surface area contributed by atoms with Crippen LogP contribution >= 0.6 is 11.8 Å². The third kappa shape index (κ3) is 5.02. The lowest BCUT2D eigenvalue weighted by molar-refractivity contribution is -0.143. The van der Waals surface area contributed by atoms with Gasteiger partial charge in [-0.15, -0.1) is 0 Å². The topological polar surface area (TPSA) is 66.8 Å². The fraction of sp³-hybridized carbons (Fsp3) is 0.556. The van der Waals surface area contributed by atoms with Crippen molar-refractivity contribution in [2.45, 2.75) is 44.4 Å². The van der Waals surface area contributed by atoms with Crippen LogP contribution in [0.3, 0.4) is 0 Å². The first-order chi connectivity index (χ1) is 13.9. The van der Waals surface area contributed by atoms with Crippen molar-refractivity contribution in [3.05, 3.63) is 29.3 Å². The third-order valence-corrected chi connectivity index (χ3v) is 7.97. The normalized spacial score (nSPS) is 25.2. The molecular formula is C18H18F6N2O3S2. The number of alkyl halides is 6. The molecule has 31 heavy (non-hydrogen) atoms. The SMILES string of the molecule is CC(C)(C)C(=O)N=C1SC2CS(=O)(=O)CC2N1c1cc(C(F)(F)F)cc(C(F)(F)F)c1. The number of rotatable bonds is 1. The summed E-state index contributed by atoms with van der Waals surface area (Å²) in [5.74, 6) is -1.41. The largest absolute Gasteiger partial charge is 0.416 e. The van der Waals surface area contributed by atoms with Gasteiger partial charge in [0.1, 0.15) is 0 Å². The Morgan fingerprint density at radius 2 is 1.52 bits per heavy atom. The summed E-state index contributed by atoms with van der Waals surface area (Å²) in [7, 11) is -3.55. The Bertz CT molecular complexity index is 1010. The Morgan fingerprint density at radius 1 is 1.00 bits per heavy atom. The maximum Gasteiger partial charge on any atom is 0.416 e. The Morgan fingerprint density at radius 3 is 1.97 bits per heavy atom. The van der Waals surface area contributed by atoms with Crippen LogP contribution in [0.5, 0.6) is 0 Å². The molecule has 1 aromatic rings. The number of amides is 1. The zero-order valence-electron chi connectivity index (χ0n) is 16.5. The van der Waals surface area contributed by atoms with E-state index in [1.165, 1.54) is 0 Å². The monoisotopic (exact) mass is 488 g/mol. The van der Waals surface area contributed by atoms with E-state index in [1.54, 1.807) is 20.8 Å². The van der Waals surface area contributed by atoms with E-state index in [2.05, 4.69) is 4.99 Å². The van der Waals surface area contributed by atoms with Crippen LogP contribution in [0.1, 0.15) is 31.9 Å². The predicted molar refractivity (Wildman–Crippen MR) is 105 cm³/mol. The van der Waals surface area contributed by atoms with E-state index in [1.807, 2.05) is 0 Å². The number of hydrogen-bond donors (Lipinski definition) is 0. The molecule has 0 bridgehead atoms. The number of halogens is 6. The molecule has 2 aliphatic rings. The van der Waals surface area contributed by atoms with Crippen molar-refractivity contribution in [2.75, 3.05) is 16.4 Å². The number of hydrogen-bond acceptors (Lipinski definition) is 4. The number of nitrogens with zero attached hydrogens (tertiary/aromatic N) is 2. The molecule has 1 amide bonds. The molecule has 172 valence electrons. The quantitative estimate of drug-likeness (QED) is 0.550. The Hall–Kier alpha value is -1.76. The lowest BCUT2D eigenvalue weighted by Gasteiger charge is -2.27. The van der Waals surface area contributed by atoms with Crippen LogP contribution in [0.25, 0.3) is 0 Å². The van der Waals surface area contributed by atoms with E-state index in [-0.39, 0.29) is 17.0 Å². The molecule has 0 aliphatic carbocycles. The fourth-order valence-corrected chi connectivity index (χ4v) is 7.11. The van der Waals surface area contributed by atoms with E-state index >= 15 is 0 Å². The molecule has 0 radical (unpaired) electrons. The zero-order chi connectivity index (χ0) is 23.6. The van der Waals surface area contributed by atoms with E-state index in [4.69, 9.17) is 0 Å². The van der Waals surface area contributed by atoms with E-state index < -0.39 is 67.4 Å². The van der Waals surface area contributed by atoms with Gasteiger partial charge in [-0.2, -0.15) is 31.3 Å². The van der Waals surface area contributed by atoms with Crippen molar-refractivity contribution in [2.24, 2.45) is 10.4 Å². The number of sulfone groups is 1. The minimum atomic E-state index is -5.07. The summed E-state index contributed by atoms with van der Waals surface area (Å²) in [5.41, 5.74) is -4.53. The van der Waals surface area contributed by atoms with Gasteiger partial charge in [0.15, 0.2) is 15.0 Å². The summed E-state index contributed by atoms with van der Waals surface area (Å²) >= 11 is 0.871. The minimum Gasteiger partial charge on any atom is -0.316 e. The van der Waals surface area contributed by atoms with Crippen LogP contribution in [0.4, 0.5) is 32.0 Å². The second-order valence-electron chi connectivity index (χ2n) is 8.38. The van der Waals surface area contributed by atoms with Crippen LogP contribution < -0.4 is 4.90 Å². The molecule has 2 fully saturated rings. The van der Waals surface area contributed by atoms with Crippen molar-refractivity contribution in [3.63, 3.8) is 0 Å². The molecular weight excluding hydrogens is 470 g/mol. The molecule has 2 heterocycles. The number of fused-ring (bicyclic) bond motifs is 1. The van der Waals surface area contributed by atoms with Crippen molar-refractivity contribution in [3.8, 4) is 0 Å². The summed E-state index contributed by atoms with van der Waals surface area (Å²) in [5, 5.41) is -0.780. The first kappa shape index (κ1) is 23.9. The van der Waals surface area contributed by atoms with Gasteiger partial charge in [0, 0.05) is 16.4 Å². The Balaban J connectivity index is 2.20. The number of thioether (sulfide) groups is 1. The number of benzene rings is 1.